The number of hydrogen-bond donors (Lipinski definition) is 3. The number of ether oxygens (including phenoxy) is 1. The maximum atomic E-state index is 13.2. The molecule has 7 nitrogen and oxygen atoms in total. The second-order valence-corrected chi connectivity index (χ2v) is 8.13. The van der Waals surface area contributed by atoms with Gasteiger partial charge in [0.05, 0.1) is 23.4 Å². The molecule has 0 bridgehead atoms. The van der Waals surface area contributed by atoms with Crippen LogP contribution in [0.5, 0.6) is 0 Å². The van der Waals surface area contributed by atoms with Crippen LogP contribution >= 0.6 is 0 Å². The van der Waals surface area contributed by atoms with E-state index in [0.29, 0.717) is 24.3 Å². The van der Waals surface area contributed by atoms with Crippen molar-refractivity contribution in [3.8, 4) is 0 Å². The van der Waals surface area contributed by atoms with Gasteiger partial charge in [0, 0.05) is 37.7 Å². The predicted octanol–water partition coefficient (Wildman–Crippen LogP) is 4.05. The fourth-order valence-electron chi connectivity index (χ4n) is 3.74. The van der Waals surface area contributed by atoms with E-state index in [1.165, 1.54) is 24.4 Å². The van der Waals surface area contributed by atoms with Crippen molar-refractivity contribution < 1.29 is 27.5 Å². The van der Waals surface area contributed by atoms with Gasteiger partial charge >= 0.3 is 6.18 Å². The topological polar surface area (TPSA) is 92.4 Å². The van der Waals surface area contributed by atoms with E-state index in [1.54, 1.807) is 42.6 Å². The molecule has 10 heteroatoms. The van der Waals surface area contributed by atoms with Crippen molar-refractivity contribution in [3.63, 3.8) is 0 Å². The molecule has 1 saturated heterocycles. The predicted molar refractivity (Wildman–Crippen MR) is 123 cm³/mol. The van der Waals surface area contributed by atoms with Crippen molar-refractivity contribution in [2.24, 2.45) is 0 Å². The third-order valence-corrected chi connectivity index (χ3v) is 5.65. The highest BCUT2D eigenvalue weighted by atomic mass is 19.4. The zero-order valence-electron chi connectivity index (χ0n) is 18.6. The molecule has 2 heterocycles. The first-order chi connectivity index (χ1) is 16.8. The molecule has 4 rings (SSSR count). The second-order valence-electron chi connectivity index (χ2n) is 8.13. The summed E-state index contributed by atoms with van der Waals surface area (Å²) in [6.07, 6.45) is -1.18. The molecule has 0 radical (unpaired) electrons. The van der Waals surface area contributed by atoms with Crippen molar-refractivity contribution >= 4 is 23.2 Å². The Balaban J connectivity index is 1.38. The summed E-state index contributed by atoms with van der Waals surface area (Å²) in [7, 11) is 0. The number of hydrogen-bond acceptors (Lipinski definition) is 5. The minimum Gasteiger partial charge on any atom is -0.378 e. The van der Waals surface area contributed by atoms with Gasteiger partial charge in [-0.05, 0) is 42.0 Å². The second kappa shape index (κ2) is 10.1. The number of aromatic nitrogens is 1. The van der Waals surface area contributed by atoms with Gasteiger partial charge in [-0.25, -0.2) is 0 Å². The molecular formula is C25H23F3N4O3. The molecule has 1 unspecified atom stereocenters. The molecule has 1 fully saturated rings. The Morgan fingerprint density at radius 2 is 1.80 bits per heavy atom. The van der Waals surface area contributed by atoms with Crippen molar-refractivity contribution in [2.45, 2.75) is 24.7 Å². The lowest BCUT2D eigenvalue weighted by molar-refractivity contribution is -0.137. The molecule has 0 spiro atoms. The number of rotatable bonds is 7. The van der Waals surface area contributed by atoms with Gasteiger partial charge in [0.1, 0.15) is 5.54 Å². The van der Waals surface area contributed by atoms with Gasteiger partial charge in [0.2, 0.25) is 5.91 Å². The lowest BCUT2D eigenvalue weighted by atomic mass is 9.96. The highest BCUT2D eigenvalue weighted by molar-refractivity contribution is 5.99. The van der Waals surface area contributed by atoms with E-state index in [1.807, 2.05) is 0 Å². The Bertz CT molecular complexity index is 1180. The van der Waals surface area contributed by atoms with Gasteiger partial charge < -0.3 is 20.7 Å². The summed E-state index contributed by atoms with van der Waals surface area (Å²) < 4.78 is 45.0. The fourth-order valence-corrected chi connectivity index (χ4v) is 3.74. The number of pyridine rings is 1. The Kier molecular flexibility index (Phi) is 7.02. The van der Waals surface area contributed by atoms with Crippen molar-refractivity contribution in [3.05, 3.63) is 89.7 Å². The van der Waals surface area contributed by atoms with Crippen LogP contribution in [0, 0.1) is 0 Å². The Hall–Kier alpha value is -3.92. The van der Waals surface area contributed by atoms with Crippen LogP contribution in [0.3, 0.4) is 0 Å². The number of anilines is 2. The van der Waals surface area contributed by atoms with E-state index < -0.39 is 23.2 Å². The monoisotopic (exact) mass is 484 g/mol. The standard InChI is InChI=1S/C25H23F3N4O3/c26-25(27,28)20-5-1-2-6-21(20)31-19-9-7-17(8-10-19)14-30-23(34)24(11-13-35-16-24)32-22(33)18-4-3-12-29-15-18/h1-10,12,15,31H,11,13-14,16H2,(H,30,34)(H,32,33). The van der Waals surface area contributed by atoms with E-state index in [9.17, 15) is 22.8 Å². The third kappa shape index (κ3) is 5.78. The number of carbonyl (C=O) groups excluding carboxylic acids is 2. The lowest BCUT2D eigenvalue weighted by Crippen LogP contribution is -2.59. The molecule has 1 atom stereocenters. The summed E-state index contributed by atoms with van der Waals surface area (Å²) >= 11 is 0. The smallest absolute Gasteiger partial charge is 0.378 e. The summed E-state index contributed by atoms with van der Waals surface area (Å²) in [6, 6.07) is 15.1. The molecule has 1 aliphatic rings. The highest BCUT2D eigenvalue weighted by Gasteiger charge is 2.43. The highest BCUT2D eigenvalue weighted by Crippen LogP contribution is 2.35. The Morgan fingerprint density at radius 1 is 1.03 bits per heavy atom. The van der Waals surface area contributed by atoms with Crippen LogP contribution in [0.25, 0.3) is 0 Å². The molecule has 3 aromatic rings. The fraction of sp³-hybridized carbons (Fsp3) is 0.240. The average Bonchev–Trinajstić information content (AvgIpc) is 3.33. The van der Waals surface area contributed by atoms with Crippen LogP contribution in [-0.4, -0.2) is 35.6 Å². The van der Waals surface area contributed by atoms with Crippen LogP contribution in [0.2, 0.25) is 0 Å². The number of para-hydroxylation sites is 1. The van der Waals surface area contributed by atoms with E-state index in [-0.39, 0.29) is 24.7 Å². The van der Waals surface area contributed by atoms with Crippen molar-refractivity contribution in [1.82, 2.24) is 15.6 Å². The first kappa shape index (κ1) is 24.2. The first-order valence-corrected chi connectivity index (χ1v) is 10.9. The van der Waals surface area contributed by atoms with Crippen LogP contribution in [0.15, 0.2) is 73.1 Å². The Labute approximate surface area is 199 Å². The zero-order valence-corrected chi connectivity index (χ0v) is 18.6. The van der Waals surface area contributed by atoms with E-state index in [2.05, 4.69) is 20.9 Å². The molecular weight excluding hydrogens is 461 g/mol. The van der Waals surface area contributed by atoms with Crippen molar-refractivity contribution in [1.29, 1.82) is 0 Å². The quantitative estimate of drug-likeness (QED) is 0.471. The SMILES string of the molecule is O=C(NC1(C(=O)NCc2ccc(Nc3ccccc3C(F)(F)F)cc2)CCOC1)c1cccnc1. The van der Waals surface area contributed by atoms with Gasteiger partial charge in [-0.15, -0.1) is 0 Å². The maximum Gasteiger partial charge on any atom is 0.418 e. The van der Waals surface area contributed by atoms with Gasteiger partial charge in [-0.2, -0.15) is 13.2 Å². The van der Waals surface area contributed by atoms with Gasteiger partial charge in [0.15, 0.2) is 0 Å². The van der Waals surface area contributed by atoms with Crippen LogP contribution in [0.1, 0.15) is 27.9 Å². The summed E-state index contributed by atoms with van der Waals surface area (Å²) in [5.41, 5.74) is -0.457. The summed E-state index contributed by atoms with van der Waals surface area (Å²) in [5.74, 6) is -0.804. The number of amides is 2. The zero-order chi connectivity index (χ0) is 24.9. The minimum absolute atomic E-state index is 0.0476. The molecule has 2 amide bonds. The largest absolute Gasteiger partial charge is 0.418 e. The van der Waals surface area contributed by atoms with E-state index >= 15 is 0 Å². The summed E-state index contributed by atoms with van der Waals surface area (Å²) in [5, 5.41) is 8.38. The average molecular weight is 484 g/mol. The number of nitrogens with one attached hydrogen (secondary N) is 3. The lowest BCUT2D eigenvalue weighted by Gasteiger charge is -2.27. The van der Waals surface area contributed by atoms with E-state index in [0.717, 1.165) is 11.6 Å². The number of carbonyl (C=O) groups is 2. The molecule has 182 valence electrons. The Morgan fingerprint density at radius 3 is 2.46 bits per heavy atom. The van der Waals surface area contributed by atoms with E-state index in [4.69, 9.17) is 4.74 Å². The summed E-state index contributed by atoms with van der Waals surface area (Å²) in [4.78, 5) is 29.5. The van der Waals surface area contributed by atoms with Gasteiger partial charge in [0.25, 0.3) is 5.91 Å². The number of benzene rings is 2. The molecule has 0 aliphatic carbocycles. The van der Waals surface area contributed by atoms with Gasteiger partial charge in [-0.3, -0.25) is 14.6 Å². The molecule has 3 N–H and O–H groups in total. The van der Waals surface area contributed by atoms with Gasteiger partial charge in [-0.1, -0.05) is 24.3 Å². The molecule has 35 heavy (non-hydrogen) atoms. The number of nitrogens with zero attached hydrogens (tertiary/aromatic N) is 1. The molecule has 1 aromatic heterocycles. The number of alkyl halides is 3. The van der Waals surface area contributed by atoms with Crippen LogP contribution in [0.4, 0.5) is 24.5 Å². The maximum absolute atomic E-state index is 13.2. The molecule has 2 aromatic carbocycles. The molecule has 1 aliphatic heterocycles. The van der Waals surface area contributed by atoms with Crippen LogP contribution < -0.4 is 16.0 Å². The minimum atomic E-state index is -4.47. The third-order valence-electron chi connectivity index (χ3n) is 5.65. The van der Waals surface area contributed by atoms with Crippen LogP contribution in [-0.2, 0) is 22.3 Å². The normalized spacial score (nSPS) is 17.6. The first-order valence-electron chi connectivity index (χ1n) is 10.9. The summed E-state index contributed by atoms with van der Waals surface area (Å²) in [6.45, 7) is 0.551. The molecule has 0 saturated carbocycles. The van der Waals surface area contributed by atoms with Crippen molar-refractivity contribution in [2.75, 3.05) is 18.5 Å². The number of halogens is 3.